The van der Waals surface area contributed by atoms with E-state index < -0.39 is 23.6 Å². The van der Waals surface area contributed by atoms with Crippen molar-refractivity contribution in [2.24, 2.45) is 0 Å². The van der Waals surface area contributed by atoms with Crippen molar-refractivity contribution in [1.29, 1.82) is 0 Å². The van der Waals surface area contributed by atoms with Crippen LogP contribution in [0.4, 0.5) is 10.1 Å². The number of anilines is 1. The number of rotatable bonds is 7. The van der Waals surface area contributed by atoms with Gasteiger partial charge < -0.3 is 25.8 Å². The topological polar surface area (TPSA) is 164 Å². The number of nitrogens with zero attached hydrogens (tertiary/aromatic N) is 3. The van der Waals surface area contributed by atoms with Crippen molar-refractivity contribution in [1.82, 2.24) is 25.2 Å². The number of aromatic carboxylic acids is 1. The summed E-state index contributed by atoms with van der Waals surface area (Å²) in [7, 11) is 0. The van der Waals surface area contributed by atoms with Gasteiger partial charge in [-0.1, -0.05) is 18.2 Å². The highest BCUT2D eigenvalue weighted by Gasteiger charge is 2.21. The molecule has 1 aliphatic heterocycles. The molecule has 0 saturated heterocycles. The lowest BCUT2D eigenvalue weighted by molar-refractivity contribution is -0.118. The molecule has 3 heterocycles. The normalized spacial score (nSPS) is 12.3. The third-order valence-corrected chi connectivity index (χ3v) is 5.68. The van der Waals surface area contributed by atoms with Crippen LogP contribution in [0.5, 0.6) is 5.75 Å². The summed E-state index contributed by atoms with van der Waals surface area (Å²) in [5.74, 6) is -2.98. The van der Waals surface area contributed by atoms with Crippen LogP contribution < -0.4 is 20.7 Å². The largest absolute Gasteiger partial charge is 0.482 e. The van der Waals surface area contributed by atoms with Crippen molar-refractivity contribution < 1.29 is 33.4 Å². The molecule has 4 N–H and O–H groups in total. The van der Waals surface area contributed by atoms with Crippen molar-refractivity contribution >= 4 is 35.0 Å². The molecule has 3 amide bonds. The van der Waals surface area contributed by atoms with Gasteiger partial charge in [0.05, 0.1) is 17.4 Å². The van der Waals surface area contributed by atoms with E-state index in [2.05, 4.69) is 26.0 Å². The van der Waals surface area contributed by atoms with Crippen LogP contribution in [-0.2, 0) is 17.9 Å². The highest BCUT2D eigenvalue weighted by atomic mass is 19.1. The summed E-state index contributed by atoms with van der Waals surface area (Å²) >= 11 is 0. The van der Waals surface area contributed by atoms with Crippen molar-refractivity contribution in [2.75, 3.05) is 11.9 Å². The first-order valence-electron chi connectivity index (χ1n) is 11.3. The number of halogens is 1. The van der Waals surface area contributed by atoms with Crippen molar-refractivity contribution in [2.45, 2.75) is 13.1 Å². The monoisotopic (exact) mass is 518 g/mol. The summed E-state index contributed by atoms with van der Waals surface area (Å²) in [4.78, 5) is 52.4. The fourth-order valence-corrected chi connectivity index (χ4v) is 3.77. The average molecular weight is 518 g/mol. The molecule has 0 atom stereocenters. The lowest BCUT2D eigenvalue weighted by Crippen LogP contribution is -2.29. The summed E-state index contributed by atoms with van der Waals surface area (Å²) < 4.78 is 20.6. The second-order valence-corrected chi connectivity index (χ2v) is 8.29. The van der Waals surface area contributed by atoms with E-state index in [0.717, 1.165) is 10.7 Å². The third-order valence-electron chi connectivity index (χ3n) is 5.68. The lowest BCUT2D eigenvalue weighted by Gasteiger charge is -2.18. The number of benzene rings is 2. The van der Waals surface area contributed by atoms with Gasteiger partial charge in [0.15, 0.2) is 18.1 Å². The molecule has 2 aromatic carbocycles. The van der Waals surface area contributed by atoms with Crippen LogP contribution in [0.1, 0.15) is 42.5 Å². The van der Waals surface area contributed by atoms with Crippen LogP contribution in [0, 0.1) is 5.82 Å². The molecule has 0 unspecified atom stereocenters. The molecule has 1 aliphatic rings. The fraction of sp³-hybridized carbons (Fsp3) is 0.120. The first-order chi connectivity index (χ1) is 18.3. The van der Waals surface area contributed by atoms with Crippen LogP contribution in [0.25, 0.3) is 5.65 Å². The van der Waals surface area contributed by atoms with Crippen LogP contribution >= 0.6 is 0 Å². The Hall–Kier alpha value is -5.33. The zero-order valence-corrected chi connectivity index (χ0v) is 19.5. The van der Waals surface area contributed by atoms with Crippen LogP contribution in [0.3, 0.4) is 0 Å². The molecule has 0 aliphatic carbocycles. The van der Waals surface area contributed by atoms with Gasteiger partial charge in [-0.25, -0.2) is 18.7 Å². The second-order valence-electron chi connectivity index (χ2n) is 8.29. The number of hydrogen-bond acceptors (Lipinski definition) is 7. The smallest absolute Gasteiger partial charge is 0.335 e. The molecule has 0 spiro atoms. The van der Waals surface area contributed by atoms with Crippen molar-refractivity contribution in [3.8, 4) is 5.75 Å². The Bertz CT molecular complexity index is 1600. The van der Waals surface area contributed by atoms with Gasteiger partial charge in [0, 0.05) is 19.2 Å². The van der Waals surface area contributed by atoms with E-state index in [4.69, 9.17) is 9.84 Å². The molecule has 12 nitrogen and oxygen atoms in total. The maximum Gasteiger partial charge on any atom is 0.335 e. The Kier molecular flexibility index (Phi) is 6.39. The number of hydrogen-bond donors (Lipinski definition) is 4. The number of fused-ring (bicyclic) bond motifs is 2. The van der Waals surface area contributed by atoms with Crippen LogP contribution in [0.2, 0.25) is 0 Å². The van der Waals surface area contributed by atoms with E-state index in [1.165, 1.54) is 18.2 Å². The standard InChI is InChI=1S/C25H19FN6O6/c26-16-11-29-32-19(24(35)28-9-13-1-4-15(5-2-13)25(36)37)8-18(31-22(16)32)23(34)27-10-14-3-6-20-17(7-14)30-21(33)12-38-20/h1-8,11H,9-10,12H2,(H,27,34)(H,28,35)(H,30,33)(H,36,37). The summed E-state index contributed by atoms with van der Waals surface area (Å²) in [6.45, 7) is 0.0339. The molecule has 38 heavy (non-hydrogen) atoms. The Morgan fingerprint density at radius 1 is 1.03 bits per heavy atom. The number of amides is 3. The van der Waals surface area contributed by atoms with E-state index >= 15 is 0 Å². The number of ether oxygens (including phenoxy) is 1. The Morgan fingerprint density at radius 3 is 2.50 bits per heavy atom. The Labute approximate surface area is 213 Å². The highest BCUT2D eigenvalue weighted by Crippen LogP contribution is 2.28. The van der Waals surface area contributed by atoms with E-state index in [9.17, 15) is 23.6 Å². The number of carboxylic acid groups (broad SMARTS) is 1. The maximum atomic E-state index is 14.3. The van der Waals surface area contributed by atoms with Gasteiger partial charge in [-0.3, -0.25) is 14.4 Å². The summed E-state index contributed by atoms with van der Waals surface area (Å²) in [6.07, 6.45) is 0.884. The number of aromatic nitrogens is 3. The minimum absolute atomic E-state index is 0.0480. The number of carbonyl (C=O) groups excluding carboxylic acids is 3. The minimum Gasteiger partial charge on any atom is -0.482 e. The molecular formula is C25H19FN6O6. The molecule has 5 rings (SSSR count). The predicted molar refractivity (Wildman–Crippen MR) is 129 cm³/mol. The van der Waals surface area contributed by atoms with Crippen molar-refractivity contribution in [3.05, 3.63) is 88.6 Å². The minimum atomic E-state index is -1.07. The van der Waals surface area contributed by atoms with Gasteiger partial charge in [0.1, 0.15) is 17.1 Å². The molecular weight excluding hydrogens is 499 g/mol. The number of carboxylic acids is 1. The predicted octanol–water partition coefficient (Wildman–Crippen LogP) is 1.76. The summed E-state index contributed by atoms with van der Waals surface area (Å²) in [5, 5.41) is 20.8. The van der Waals surface area contributed by atoms with E-state index in [1.54, 1.807) is 30.3 Å². The Balaban J connectivity index is 1.32. The molecule has 0 bridgehead atoms. The number of carbonyl (C=O) groups is 4. The molecule has 192 valence electrons. The van der Waals surface area contributed by atoms with E-state index in [0.29, 0.717) is 22.6 Å². The molecule has 2 aromatic heterocycles. The molecule has 0 saturated carbocycles. The highest BCUT2D eigenvalue weighted by molar-refractivity contribution is 5.98. The quantitative estimate of drug-likeness (QED) is 0.287. The molecule has 0 fully saturated rings. The third kappa shape index (κ3) is 4.97. The second kappa shape index (κ2) is 9.97. The van der Waals surface area contributed by atoms with E-state index in [1.807, 2.05) is 0 Å². The van der Waals surface area contributed by atoms with Crippen LogP contribution in [0.15, 0.2) is 54.7 Å². The van der Waals surface area contributed by atoms with E-state index in [-0.39, 0.29) is 48.2 Å². The first-order valence-corrected chi connectivity index (χ1v) is 11.3. The molecule has 13 heteroatoms. The van der Waals surface area contributed by atoms with Gasteiger partial charge in [0.25, 0.3) is 17.7 Å². The molecule has 4 aromatic rings. The maximum absolute atomic E-state index is 14.3. The zero-order chi connectivity index (χ0) is 26.8. The van der Waals surface area contributed by atoms with Gasteiger partial charge >= 0.3 is 5.97 Å². The zero-order valence-electron chi connectivity index (χ0n) is 19.5. The van der Waals surface area contributed by atoms with Gasteiger partial charge in [0.2, 0.25) is 0 Å². The average Bonchev–Trinajstić information content (AvgIpc) is 3.30. The van der Waals surface area contributed by atoms with Gasteiger partial charge in [-0.2, -0.15) is 5.10 Å². The number of nitrogens with one attached hydrogen (secondary N) is 3. The van der Waals surface area contributed by atoms with Gasteiger partial charge in [-0.05, 0) is 35.4 Å². The van der Waals surface area contributed by atoms with Gasteiger partial charge in [-0.15, -0.1) is 0 Å². The van der Waals surface area contributed by atoms with Crippen molar-refractivity contribution in [3.63, 3.8) is 0 Å². The molecule has 0 radical (unpaired) electrons. The first kappa shape index (κ1) is 24.4. The SMILES string of the molecule is O=C1COc2ccc(CNC(=O)c3cc(C(=O)NCc4ccc(C(=O)O)cc4)n4ncc(F)c4n3)cc2N1. The Morgan fingerprint density at radius 2 is 1.74 bits per heavy atom. The summed E-state index contributed by atoms with van der Waals surface area (Å²) in [6, 6.07) is 12.1. The lowest BCUT2D eigenvalue weighted by atomic mass is 10.1. The summed E-state index contributed by atoms with van der Waals surface area (Å²) in [5.41, 5.74) is 1.23. The fourth-order valence-electron chi connectivity index (χ4n) is 3.77. The van der Waals surface area contributed by atoms with Crippen LogP contribution in [-0.4, -0.2) is 50.0 Å².